The van der Waals surface area contributed by atoms with Crippen molar-refractivity contribution in [1.82, 2.24) is 19.8 Å². The molecular weight excluding hydrogens is 583 g/mol. The summed E-state index contributed by atoms with van der Waals surface area (Å²) in [5.74, 6) is 1.48. The number of piperazine rings is 1. The second-order valence-electron chi connectivity index (χ2n) is 11.9. The van der Waals surface area contributed by atoms with Crippen molar-refractivity contribution in [2.45, 2.75) is 25.8 Å². The quantitative estimate of drug-likeness (QED) is 0.266. The summed E-state index contributed by atoms with van der Waals surface area (Å²) in [6.07, 6.45) is 3.85. The predicted octanol–water partition coefficient (Wildman–Crippen LogP) is 5.44. The lowest BCUT2D eigenvalue weighted by Gasteiger charge is -2.43. The van der Waals surface area contributed by atoms with Gasteiger partial charge >= 0.3 is 0 Å². The van der Waals surface area contributed by atoms with Gasteiger partial charge in [-0.15, -0.1) is 0 Å². The van der Waals surface area contributed by atoms with Gasteiger partial charge in [-0.2, -0.15) is 4.98 Å². The van der Waals surface area contributed by atoms with Gasteiger partial charge in [0.05, 0.1) is 36.1 Å². The van der Waals surface area contributed by atoms with Crippen molar-refractivity contribution in [1.29, 1.82) is 0 Å². The summed E-state index contributed by atoms with van der Waals surface area (Å²) < 4.78 is 18.8. The van der Waals surface area contributed by atoms with Gasteiger partial charge in [0.2, 0.25) is 5.95 Å². The second-order valence-corrected chi connectivity index (χ2v) is 15.5. The smallest absolute Gasteiger partial charge is 0.229 e. The zero-order valence-electron chi connectivity index (χ0n) is 26.1. The fraction of sp³-hybridized carbons (Fsp3) is 0.484. The lowest BCUT2D eigenvalue weighted by molar-refractivity contribution is 0.0982. The molecule has 2 saturated heterocycles. The highest BCUT2D eigenvalue weighted by atomic mass is 35.5. The Hall–Kier alpha value is -3.04. The molecule has 10 nitrogen and oxygen atoms in total. The number of ether oxygens (including phenoxy) is 1. The number of nitrogens with zero attached hydrogens (tertiary/aromatic N) is 5. The summed E-state index contributed by atoms with van der Waals surface area (Å²) in [4.78, 5) is 16.6. The van der Waals surface area contributed by atoms with E-state index in [1.54, 1.807) is 26.6 Å². The highest BCUT2D eigenvalue weighted by Gasteiger charge is 2.28. The Bertz CT molecular complexity index is 1480. The Kier molecular flexibility index (Phi) is 9.71. The summed E-state index contributed by atoms with van der Waals surface area (Å²) in [5, 5.41) is 11.1. The van der Waals surface area contributed by atoms with E-state index in [9.17, 15) is 4.57 Å². The molecule has 0 aliphatic carbocycles. The van der Waals surface area contributed by atoms with Gasteiger partial charge in [0.1, 0.15) is 17.9 Å². The first-order valence-electron chi connectivity index (χ1n) is 14.9. The Morgan fingerprint density at radius 2 is 1.70 bits per heavy atom. The average molecular weight is 627 g/mol. The standard InChI is InChI=1S/C31H44ClN8O2P/c1-21-7-8-24(29(17-21)43(5,6)41)35-30-23(32)20-34-31(37-30)36-26-18-25(33-2)27(19-28(26)42-4)40-11-9-22(10-12-40)39-15-13-38(3)14-16-39/h7-8,17-20,22,33H,9-16H2,1-6H3,(H2,34,35,36,37). The Balaban J connectivity index is 1.34. The van der Waals surface area contributed by atoms with Gasteiger partial charge in [0, 0.05) is 63.7 Å². The summed E-state index contributed by atoms with van der Waals surface area (Å²) in [6, 6.07) is 10.6. The number of aromatic nitrogens is 2. The maximum atomic E-state index is 13.0. The molecular formula is C31H44ClN8O2P. The number of nitrogens with one attached hydrogen (secondary N) is 3. The first-order chi connectivity index (χ1) is 20.5. The number of piperidine rings is 1. The molecule has 3 heterocycles. The molecule has 43 heavy (non-hydrogen) atoms. The lowest BCUT2D eigenvalue weighted by Crippen LogP contribution is -2.52. The van der Waals surface area contributed by atoms with E-state index in [2.05, 4.69) is 53.7 Å². The second kappa shape index (κ2) is 13.3. The van der Waals surface area contributed by atoms with Crippen molar-refractivity contribution in [2.24, 2.45) is 0 Å². The van der Waals surface area contributed by atoms with Gasteiger partial charge in [0.25, 0.3) is 0 Å². The van der Waals surface area contributed by atoms with Gasteiger partial charge in [-0.05, 0) is 58.3 Å². The Morgan fingerprint density at radius 1 is 0.977 bits per heavy atom. The van der Waals surface area contributed by atoms with Crippen LogP contribution in [0.15, 0.2) is 36.5 Å². The average Bonchev–Trinajstić information content (AvgIpc) is 2.99. The van der Waals surface area contributed by atoms with E-state index in [1.165, 1.54) is 0 Å². The van der Waals surface area contributed by atoms with Crippen molar-refractivity contribution in [3.63, 3.8) is 0 Å². The molecule has 0 radical (unpaired) electrons. The molecule has 2 aliphatic rings. The highest BCUT2D eigenvalue weighted by Crippen LogP contribution is 2.41. The van der Waals surface area contributed by atoms with Crippen LogP contribution >= 0.6 is 18.7 Å². The number of rotatable bonds is 9. The van der Waals surface area contributed by atoms with Crippen LogP contribution in [0.3, 0.4) is 0 Å². The number of aryl methyl sites for hydroxylation is 1. The fourth-order valence-corrected chi connectivity index (χ4v) is 7.28. The third-order valence-corrected chi connectivity index (χ3v) is 10.2. The lowest BCUT2D eigenvalue weighted by atomic mass is 10.0. The van der Waals surface area contributed by atoms with Crippen LogP contribution in [0.2, 0.25) is 5.02 Å². The molecule has 12 heteroatoms. The van der Waals surface area contributed by atoms with E-state index in [0.29, 0.717) is 34.3 Å². The molecule has 3 aromatic rings. The highest BCUT2D eigenvalue weighted by molar-refractivity contribution is 7.70. The molecule has 2 fully saturated rings. The van der Waals surface area contributed by atoms with Gasteiger partial charge in [0.15, 0.2) is 5.82 Å². The maximum absolute atomic E-state index is 13.0. The molecule has 0 unspecified atom stereocenters. The summed E-state index contributed by atoms with van der Waals surface area (Å²) in [5.41, 5.74) is 4.60. The van der Waals surface area contributed by atoms with Gasteiger partial charge < -0.3 is 35.1 Å². The monoisotopic (exact) mass is 626 g/mol. The van der Waals surface area contributed by atoms with Crippen molar-refractivity contribution >= 4 is 58.6 Å². The minimum atomic E-state index is -2.55. The number of benzene rings is 2. The van der Waals surface area contributed by atoms with Crippen LogP contribution in [0.1, 0.15) is 18.4 Å². The first-order valence-corrected chi connectivity index (χ1v) is 17.8. The minimum Gasteiger partial charge on any atom is -0.494 e. The van der Waals surface area contributed by atoms with Crippen LogP contribution in [0.25, 0.3) is 0 Å². The van der Waals surface area contributed by atoms with Crippen LogP contribution in [0, 0.1) is 6.92 Å². The van der Waals surface area contributed by atoms with Gasteiger partial charge in [-0.25, -0.2) is 4.98 Å². The number of halogens is 1. The van der Waals surface area contributed by atoms with Crippen LogP contribution in [0.5, 0.6) is 5.75 Å². The Labute approximate surface area is 260 Å². The zero-order valence-corrected chi connectivity index (χ0v) is 27.7. The largest absolute Gasteiger partial charge is 0.494 e. The summed E-state index contributed by atoms with van der Waals surface area (Å²) >= 11 is 6.50. The SMILES string of the molecule is CNc1cc(Nc2ncc(Cl)c(Nc3ccc(C)cc3P(C)(C)=O)n2)c(OC)cc1N1CCC(N2CCN(C)CC2)CC1. The molecule has 3 N–H and O–H groups in total. The van der Waals surface area contributed by atoms with E-state index in [0.717, 1.165) is 80.0 Å². The molecule has 0 bridgehead atoms. The molecule has 2 aromatic carbocycles. The predicted molar refractivity (Wildman–Crippen MR) is 181 cm³/mol. The van der Waals surface area contributed by atoms with Crippen LogP contribution in [-0.2, 0) is 4.57 Å². The topological polar surface area (TPSA) is 97.9 Å². The molecule has 5 rings (SSSR count). The van der Waals surface area contributed by atoms with Crippen LogP contribution in [0.4, 0.5) is 34.5 Å². The van der Waals surface area contributed by atoms with Crippen molar-refractivity contribution < 1.29 is 9.30 Å². The minimum absolute atomic E-state index is 0.359. The zero-order chi connectivity index (χ0) is 30.7. The van der Waals surface area contributed by atoms with E-state index < -0.39 is 7.14 Å². The molecule has 0 amide bonds. The van der Waals surface area contributed by atoms with Gasteiger partial charge in [-0.1, -0.05) is 23.2 Å². The summed E-state index contributed by atoms with van der Waals surface area (Å²) in [7, 11) is 3.27. The molecule has 0 saturated carbocycles. The van der Waals surface area contributed by atoms with Crippen molar-refractivity contribution in [3.05, 3.63) is 47.1 Å². The molecule has 0 spiro atoms. The fourth-order valence-electron chi connectivity index (χ4n) is 5.91. The maximum Gasteiger partial charge on any atom is 0.229 e. The van der Waals surface area contributed by atoms with Crippen LogP contribution in [-0.4, -0.2) is 99.6 Å². The number of hydrogen-bond acceptors (Lipinski definition) is 10. The summed E-state index contributed by atoms with van der Waals surface area (Å²) in [6.45, 7) is 12.1. The Morgan fingerprint density at radius 3 is 2.35 bits per heavy atom. The van der Waals surface area contributed by atoms with Gasteiger partial charge in [-0.3, -0.25) is 4.90 Å². The molecule has 0 atom stereocenters. The molecule has 1 aromatic heterocycles. The third kappa shape index (κ3) is 7.37. The molecule has 2 aliphatic heterocycles. The van der Waals surface area contributed by atoms with E-state index in [-0.39, 0.29) is 0 Å². The van der Waals surface area contributed by atoms with Crippen molar-refractivity contribution in [2.75, 3.05) is 94.7 Å². The third-order valence-electron chi connectivity index (χ3n) is 8.42. The number of anilines is 6. The van der Waals surface area contributed by atoms with Crippen LogP contribution < -0.4 is 30.9 Å². The molecule has 232 valence electrons. The van der Waals surface area contributed by atoms with Crippen molar-refractivity contribution in [3.8, 4) is 5.75 Å². The number of methoxy groups -OCH3 is 1. The van der Waals surface area contributed by atoms with E-state index >= 15 is 0 Å². The number of likely N-dealkylation sites (N-methyl/N-ethyl adjacent to an activating group) is 1. The van der Waals surface area contributed by atoms with E-state index in [1.807, 2.05) is 38.2 Å². The normalized spacial score (nSPS) is 17.1. The first kappa shape index (κ1) is 31.4. The number of hydrogen-bond donors (Lipinski definition) is 3. The van der Waals surface area contributed by atoms with E-state index in [4.69, 9.17) is 16.3 Å².